The molecule has 6 heteroatoms. The molecule has 23 heavy (non-hydrogen) atoms. The fraction of sp³-hybridized carbons (Fsp3) is 0.235. The van der Waals surface area contributed by atoms with E-state index in [1.54, 1.807) is 18.2 Å². The van der Waals surface area contributed by atoms with Gasteiger partial charge < -0.3 is 4.74 Å². The summed E-state index contributed by atoms with van der Waals surface area (Å²) in [4.78, 5) is 36.9. The van der Waals surface area contributed by atoms with Crippen LogP contribution in [-0.2, 0) is 9.59 Å². The van der Waals surface area contributed by atoms with Crippen molar-refractivity contribution < 1.29 is 19.1 Å². The molecule has 1 N–H and O–H groups in total. The standard InChI is InChI=1S/C17H18N2O4/c1-3-9-19-16(21)13(15(20)18-17(19)22)11-12-7-5-6-8-14(12)23-10-4-2/h3,5-8,11H,1,4,9-10H2,2H3,(H,18,20,22)/b13-11-. The topological polar surface area (TPSA) is 75.7 Å². The average Bonchev–Trinajstić information content (AvgIpc) is 2.54. The van der Waals surface area contributed by atoms with Crippen LogP contribution in [0.5, 0.6) is 5.75 Å². The van der Waals surface area contributed by atoms with Gasteiger partial charge in [-0.1, -0.05) is 31.2 Å². The van der Waals surface area contributed by atoms with E-state index in [0.717, 1.165) is 11.3 Å². The van der Waals surface area contributed by atoms with E-state index in [1.165, 1.54) is 12.2 Å². The summed E-state index contributed by atoms with van der Waals surface area (Å²) in [7, 11) is 0. The normalized spacial score (nSPS) is 16.5. The Kier molecular flexibility index (Phi) is 5.30. The molecule has 1 fully saturated rings. The highest BCUT2D eigenvalue weighted by atomic mass is 16.5. The Balaban J connectivity index is 2.37. The molecule has 0 unspecified atom stereocenters. The minimum atomic E-state index is -0.743. The lowest BCUT2D eigenvalue weighted by atomic mass is 10.1. The van der Waals surface area contributed by atoms with Crippen molar-refractivity contribution in [3.8, 4) is 5.75 Å². The van der Waals surface area contributed by atoms with Gasteiger partial charge in [0, 0.05) is 12.1 Å². The van der Waals surface area contributed by atoms with Gasteiger partial charge in [0.05, 0.1) is 6.61 Å². The van der Waals surface area contributed by atoms with Crippen LogP contribution >= 0.6 is 0 Å². The Bertz CT molecular complexity index is 679. The minimum absolute atomic E-state index is 0.0310. The van der Waals surface area contributed by atoms with Crippen molar-refractivity contribution in [2.45, 2.75) is 13.3 Å². The Morgan fingerprint density at radius 2 is 2.00 bits per heavy atom. The van der Waals surface area contributed by atoms with Gasteiger partial charge in [0.15, 0.2) is 0 Å². The molecule has 0 atom stereocenters. The summed E-state index contributed by atoms with van der Waals surface area (Å²) in [6.07, 6.45) is 3.69. The minimum Gasteiger partial charge on any atom is -0.493 e. The quantitative estimate of drug-likeness (QED) is 0.496. The smallest absolute Gasteiger partial charge is 0.331 e. The van der Waals surface area contributed by atoms with Crippen molar-refractivity contribution in [1.29, 1.82) is 0 Å². The van der Waals surface area contributed by atoms with E-state index in [9.17, 15) is 14.4 Å². The van der Waals surface area contributed by atoms with Gasteiger partial charge in [0.25, 0.3) is 11.8 Å². The molecular formula is C17H18N2O4. The van der Waals surface area contributed by atoms with E-state index in [0.29, 0.717) is 17.9 Å². The second kappa shape index (κ2) is 7.40. The zero-order valence-electron chi connectivity index (χ0n) is 12.9. The molecule has 6 nitrogen and oxygen atoms in total. The highest BCUT2D eigenvalue weighted by Crippen LogP contribution is 2.23. The van der Waals surface area contributed by atoms with E-state index in [4.69, 9.17) is 4.74 Å². The number of barbiturate groups is 1. The zero-order chi connectivity index (χ0) is 16.8. The van der Waals surface area contributed by atoms with Crippen LogP contribution in [0.25, 0.3) is 6.08 Å². The fourth-order valence-corrected chi connectivity index (χ4v) is 2.09. The number of ether oxygens (including phenoxy) is 1. The van der Waals surface area contributed by atoms with Crippen LogP contribution in [0.3, 0.4) is 0 Å². The van der Waals surface area contributed by atoms with Gasteiger partial charge in [-0.25, -0.2) is 4.79 Å². The molecule has 0 aromatic heterocycles. The predicted molar refractivity (Wildman–Crippen MR) is 85.7 cm³/mol. The number of urea groups is 1. The van der Waals surface area contributed by atoms with Gasteiger partial charge in [0.1, 0.15) is 11.3 Å². The first-order chi connectivity index (χ1) is 11.1. The van der Waals surface area contributed by atoms with Crippen molar-refractivity contribution in [1.82, 2.24) is 10.2 Å². The summed E-state index contributed by atoms with van der Waals surface area (Å²) >= 11 is 0. The molecule has 1 aromatic carbocycles. The first-order valence-corrected chi connectivity index (χ1v) is 7.30. The highest BCUT2D eigenvalue weighted by molar-refractivity contribution is 6.31. The molecule has 0 saturated carbocycles. The number of carbonyl (C=O) groups excluding carboxylic acids is 3. The molecule has 120 valence electrons. The van der Waals surface area contributed by atoms with Crippen LogP contribution in [0, 0.1) is 0 Å². The van der Waals surface area contributed by atoms with Crippen LogP contribution in [0.15, 0.2) is 42.5 Å². The number of rotatable bonds is 6. The van der Waals surface area contributed by atoms with Gasteiger partial charge in [-0.05, 0) is 18.6 Å². The third-order valence-electron chi connectivity index (χ3n) is 3.18. The first-order valence-electron chi connectivity index (χ1n) is 7.30. The number of carbonyl (C=O) groups is 3. The Hall–Kier alpha value is -2.89. The third-order valence-corrected chi connectivity index (χ3v) is 3.18. The summed E-state index contributed by atoms with van der Waals surface area (Å²) in [6.45, 7) is 6.05. The second-order valence-corrected chi connectivity index (χ2v) is 4.91. The van der Waals surface area contributed by atoms with E-state index in [-0.39, 0.29) is 12.1 Å². The number of nitrogens with one attached hydrogen (secondary N) is 1. The number of hydrogen-bond acceptors (Lipinski definition) is 4. The molecule has 2 rings (SSSR count). The number of hydrogen-bond donors (Lipinski definition) is 1. The lowest BCUT2D eigenvalue weighted by Crippen LogP contribution is -2.54. The Morgan fingerprint density at radius 3 is 2.70 bits per heavy atom. The molecule has 1 heterocycles. The molecule has 0 spiro atoms. The summed E-state index contributed by atoms with van der Waals surface area (Å²) in [5, 5.41) is 2.15. The number of nitrogens with zero attached hydrogens (tertiary/aromatic N) is 1. The van der Waals surface area contributed by atoms with Gasteiger partial charge in [-0.15, -0.1) is 6.58 Å². The van der Waals surface area contributed by atoms with Gasteiger partial charge in [-0.3, -0.25) is 19.8 Å². The van der Waals surface area contributed by atoms with Gasteiger partial charge >= 0.3 is 6.03 Å². The molecule has 1 aliphatic heterocycles. The van der Waals surface area contributed by atoms with E-state index < -0.39 is 17.8 Å². The van der Waals surface area contributed by atoms with Gasteiger partial charge in [-0.2, -0.15) is 0 Å². The third kappa shape index (κ3) is 3.66. The maximum absolute atomic E-state index is 12.4. The van der Waals surface area contributed by atoms with Crippen molar-refractivity contribution in [3.05, 3.63) is 48.1 Å². The molecule has 0 aliphatic carbocycles. The molecular weight excluding hydrogens is 296 g/mol. The molecule has 4 amide bonds. The highest BCUT2D eigenvalue weighted by Gasteiger charge is 2.35. The summed E-state index contributed by atoms with van der Waals surface area (Å²) in [5.74, 6) is -0.788. The second-order valence-electron chi connectivity index (χ2n) is 4.91. The van der Waals surface area contributed by atoms with Crippen LogP contribution in [-0.4, -0.2) is 35.9 Å². The summed E-state index contributed by atoms with van der Waals surface area (Å²) in [5.41, 5.74) is 0.492. The number of para-hydroxylation sites is 1. The molecule has 1 aromatic rings. The summed E-state index contributed by atoms with van der Waals surface area (Å²) < 4.78 is 5.61. The lowest BCUT2D eigenvalue weighted by Gasteiger charge is -2.25. The first kappa shape index (κ1) is 16.5. The van der Waals surface area contributed by atoms with E-state index in [2.05, 4.69) is 11.9 Å². The van der Waals surface area contributed by atoms with E-state index >= 15 is 0 Å². The molecule has 1 saturated heterocycles. The van der Waals surface area contributed by atoms with Crippen molar-refractivity contribution in [2.24, 2.45) is 0 Å². The van der Waals surface area contributed by atoms with Crippen LogP contribution in [0.1, 0.15) is 18.9 Å². The maximum Gasteiger partial charge on any atom is 0.331 e. The molecule has 0 bridgehead atoms. The van der Waals surface area contributed by atoms with Crippen molar-refractivity contribution in [2.75, 3.05) is 13.2 Å². The van der Waals surface area contributed by atoms with Crippen LogP contribution < -0.4 is 10.1 Å². The number of benzene rings is 1. The van der Waals surface area contributed by atoms with Crippen molar-refractivity contribution >= 4 is 23.9 Å². The predicted octanol–water partition coefficient (Wildman–Crippen LogP) is 2.12. The number of amides is 4. The fourth-order valence-electron chi connectivity index (χ4n) is 2.09. The van der Waals surface area contributed by atoms with E-state index in [1.807, 2.05) is 13.0 Å². The average molecular weight is 314 g/mol. The van der Waals surface area contributed by atoms with Crippen molar-refractivity contribution in [3.63, 3.8) is 0 Å². The maximum atomic E-state index is 12.4. The summed E-state index contributed by atoms with van der Waals surface area (Å²) in [6, 6.07) is 6.35. The zero-order valence-corrected chi connectivity index (χ0v) is 12.9. The SMILES string of the molecule is C=CCN1C(=O)NC(=O)/C(=C/c2ccccc2OCCC)C1=O. The largest absolute Gasteiger partial charge is 0.493 e. The van der Waals surface area contributed by atoms with Crippen LogP contribution in [0.2, 0.25) is 0 Å². The monoisotopic (exact) mass is 314 g/mol. The van der Waals surface area contributed by atoms with Gasteiger partial charge in [0.2, 0.25) is 0 Å². The number of imide groups is 2. The molecule has 0 radical (unpaired) electrons. The van der Waals surface area contributed by atoms with Crippen LogP contribution in [0.4, 0.5) is 4.79 Å². The lowest BCUT2D eigenvalue weighted by molar-refractivity contribution is -0.129. The Labute approximate surface area is 134 Å². The molecule has 1 aliphatic rings. The Morgan fingerprint density at radius 1 is 1.26 bits per heavy atom.